The molecule has 0 amide bonds. The summed E-state index contributed by atoms with van der Waals surface area (Å²) in [5.74, 6) is -7.00. The van der Waals surface area contributed by atoms with Crippen molar-refractivity contribution in [1.29, 1.82) is 0 Å². The highest BCUT2D eigenvalue weighted by Gasteiger charge is 2.60. The van der Waals surface area contributed by atoms with Crippen molar-refractivity contribution in [2.24, 2.45) is 0 Å². The second kappa shape index (κ2) is 4.18. The molecule has 0 bridgehead atoms. The zero-order valence-electron chi connectivity index (χ0n) is 7.17. The van der Waals surface area contributed by atoms with Gasteiger partial charge in [0.15, 0.2) is 0 Å². The Kier molecular flexibility index (Phi) is 3.96. The van der Waals surface area contributed by atoms with E-state index in [4.69, 9.17) is 0 Å². The number of carbonyl (C=O) groups excluding carboxylic acids is 1. The van der Waals surface area contributed by atoms with Crippen molar-refractivity contribution < 1.29 is 31.1 Å². The van der Waals surface area contributed by atoms with Gasteiger partial charge in [-0.2, -0.15) is 22.0 Å². The lowest BCUT2D eigenvalue weighted by atomic mass is 10.1. The second-order valence-corrected chi connectivity index (χ2v) is 2.70. The summed E-state index contributed by atoms with van der Waals surface area (Å²) in [5, 5.41) is 0. The molecule has 0 heterocycles. The molecule has 0 aliphatic heterocycles. The van der Waals surface area contributed by atoms with E-state index >= 15 is 0 Å². The van der Waals surface area contributed by atoms with E-state index in [2.05, 4.69) is 0 Å². The molecule has 0 aromatic carbocycles. The number of halogens is 6. The van der Waals surface area contributed by atoms with Crippen molar-refractivity contribution in [2.75, 3.05) is 0 Å². The molecule has 0 N–H and O–H groups in total. The summed E-state index contributed by atoms with van der Waals surface area (Å²) < 4.78 is 71.7. The lowest BCUT2D eigenvalue weighted by Gasteiger charge is -2.20. The topological polar surface area (TPSA) is 17.1 Å². The van der Waals surface area contributed by atoms with Gasteiger partial charge in [0.2, 0.25) is 5.78 Å². The number of rotatable bonds is 4. The van der Waals surface area contributed by atoms with E-state index in [0.717, 1.165) is 0 Å². The van der Waals surface area contributed by atoms with Gasteiger partial charge in [0, 0.05) is 6.42 Å². The van der Waals surface area contributed by atoms with Gasteiger partial charge in [0.05, 0.1) is 0 Å². The number of hydrogen-bond donors (Lipinski definition) is 0. The maximum Gasteiger partial charge on any atom is 0.426 e. The maximum absolute atomic E-state index is 12.4. The van der Waals surface area contributed by atoms with E-state index in [-0.39, 0.29) is 6.42 Å². The maximum atomic E-state index is 12.4. The van der Waals surface area contributed by atoms with Gasteiger partial charge in [0.1, 0.15) is 0 Å². The van der Waals surface area contributed by atoms with Crippen molar-refractivity contribution >= 4 is 5.78 Å². The molecule has 0 saturated heterocycles. The van der Waals surface area contributed by atoms with E-state index in [0.29, 0.717) is 0 Å². The average molecular weight is 222 g/mol. The van der Waals surface area contributed by atoms with Crippen molar-refractivity contribution in [3.8, 4) is 0 Å². The van der Waals surface area contributed by atoms with E-state index in [1.807, 2.05) is 0 Å². The largest absolute Gasteiger partial charge is 0.426 e. The summed E-state index contributed by atoms with van der Waals surface area (Å²) in [6, 6.07) is 0. The Morgan fingerprint density at radius 3 is 1.93 bits per heavy atom. The van der Waals surface area contributed by atoms with Gasteiger partial charge in [-0.1, -0.05) is 6.92 Å². The summed E-state index contributed by atoms with van der Waals surface area (Å²) in [6.07, 6.45) is -11.0. The molecule has 0 aliphatic carbocycles. The van der Waals surface area contributed by atoms with Gasteiger partial charge >= 0.3 is 12.1 Å². The molecule has 14 heavy (non-hydrogen) atoms. The first-order chi connectivity index (χ1) is 6.14. The van der Waals surface area contributed by atoms with Crippen LogP contribution in [-0.2, 0) is 4.79 Å². The van der Waals surface area contributed by atoms with Crippen molar-refractivity contribution in [1.82, 2.24) is 0 Å². The van der Waals surface area contributed by atoms with Crippen LogP contribution in [0, 0.1) is 0 Å². The molecule has 0 fully saturated rings. The van der Waals surface area contributed by atoms with E-state index in [9.17, 15) is 31.1 Å². The molecule has 0 aromatic heterocycles. The highest BCUT2D eigenvalue weighted by atomic mass is 19.4. The Morgan fingerprint density at radius 1 is 1.21 bits per heavy atom. The third-order valence-electron chi connectivity index (χ3n) is 1.45. The average Bonchev–Trinajstić information content (AvgIpc) is 2.01. The van der Waals surface area contributed by atoms with E-state index in [1.54, 1.807) is 0 Å². The summed E-state index contributed by atoms with van der Waals surface area (Å²) >= 11 is 0. The van der Waals surface area contributed by atoms with E-state index < -0.39 is 30.5 Å². The molecule has 1 atom stereocenters. The molecule has 0 aromatic rings. The minimum Gasteiger partial charge on any atom is -0.293 e. The van der Waals surface area contributed by atoms with Gasteiger partial charge in [-0.05, 0) is 6.42 Å². The lowest BCUT2D eigenvalue weighted by Crippen LogP contribution is -2.47. The predicted molar refractivity (Wildman–Crippen MR) is 35.8 cm³/mol. The summed E-state index contributed by atoms with van der Waals surface area (Å²) in [6.45, 7) is 1.33. The van der Waals surface area contributed by atoms with Crippen LogP contribution < -0.4 is 0 Å². The SMILES string of the molecule is CCCC(=O)C(F)(F)C(F)C(F)(F)F. The van der Waals surface area contributed by atoms with Crippen molar-refractivity contribution in [3.63, 3.8) is 0 Å². The second-order valence-electron chi connectivity index (χ2n) is 2.70. The van der Waals surface area contributed by atoms with Crippen LogP contribution >= 0.6 is 0 Å². The molecule has 0 saturated carbocycles. The minimum atomic E-state index is -5.72. The Balaban J connectivity index is 4.69. The molecule has 0 aliphatic rings. The monoisotopic (exact) mass is 222 g/mol. The van der Waals surface area contributed by atoms with Crippen LogP contribution in [0.5, 0.6) is 0 Å². The smallest absolute Gasteiger partial charge is 0.293 e. The third-order valence-corrected chi connectivity index (χ3v) is 1.45. The van der Waals surface area contributed by atoms with Gasteiger partial charge < -0.3 is 0 Å². The fourth-order valence-electron chi connectivity index (χ4n) is 0.741. The van der Waals surface area contributed by atoms with Crippen molar-refractivity contribution in [3.05, 3.63) is 0 Å². The van der Waals surface area contributed by atoms with Crippen LogP contribution in [0.15, 0.2) is 0 Å². The molecule has 84 valence electrons. The molecule has 0 radical (unpaired) electrons. The van der Waals surface area contributed by atoms with Crippen molar-refractivity contribution in [2.45, 2.75) is 38.0 Å². The van der Waals surface area contributed by atoms with Crippen LogP contribution in [0.25, 0.3) is 0 Å². The zero-order valence-corrected chi connectivity index (χ0v) is 7.17. The quantitative estimate of drug-likeness (QED) is 0.668. The standard InChI is InChI=1S/C7H8F6O/c1-2-3-4(14)6(9,10)5(8)7(11,12)13/h5H,2-3H2,1H3. The van der Waals surface area contributed by atoms with Gasteiger partial charge in [-0.3, -0.25) is 4.79 Å². The van der Waals surface area contributed by atoms with Gasteiger partial charge in [-0.15, -0.1) is 0 Å². The highest BCUT2D eigenvalue weighted by Crippen LogP contribution is 2.36. The van der Waals surface area contributed by atoms with E-state index in [1.165, 1.54) is 6.92 Å². The fraction of sp³-hybridized carbons (Fsp3) is 0.857. The Morgan fingerprint density at radius 2 is 1.64 bits per heavy atom. The van der Waals surface area contributed by atoms with Crippen LogP contribution in [0.2, 0.25) is 0 Å². The number of alkyl halides is 6. The Bertz CT molecular complexity index is 209. The van der Waals surface area contributed by atoms with Crippen LogP contribution in [0.1, 0.15) is 19.8 Å². The molecule has 1 unspecified atom stereocenters. The minimum absolute atomic E-state index is 0.0565. The summed E-state index contributed by atoms with van der Waals surface area (Å²) in [4.78, 5) is 10.5. The van der Waals surface area contributed by atoms with Gasteiger partial charge in [0.25, 0.3) is 6.17 Å². The normalized spacial score (nSPS) is 15.4. The molecule has 1 nitrogen and oxygen atoms in total. The summed E-state index contributed by atoms with van der Waals surface area (Å²) in [5.41, 5.74) is 0. The number of ketones is 1. The summed E-state index contributed by atoms with van der Waals surface area (Å²) in [7, 11) is 0. The highest BCUT2D eigenvalue weighted by molar-refractivity contribution is 5.86. The molecular formula is C7H8F6O. The molecule has 0 spiro atoms. The van der Waals surface area contributed by atoms with Gasteiger partial charge in [-0.25, -0.2) is 4.39 Å². The number of Topliss-reactive ketones (excluding diaryl/α,β-unsaturated/α-hetero) is 1. The first kappa shape index (κ1) is 13.2. The van der Waals surface area contributed by atoms with Crippen LogP contribution in [-0.4, -0.2) is 24.1 Å². The molecule has 0 rings (SSSR count). The lowest BCUT2D eigenvalue weighted by molar-refractivity contribution is -0.239. The first-order valence-electron chi connectivity index (χ1n) is 3.76. The third kappa shape index (κ3) is 2.88. The fourth-order valence-corrected chi connectivity index (χ4v) is 0.741. The zero-order chi connectivity index (χ0) is 11.6. The Hall–Kier alpha value is -0.750. The molecule has 7 heteroatoms. The number of hydrogen-bond acceptors (Lipinski definition) is 1. The van der Waals surface area contributed by atoms with Crippen LogP contribution in [0.4, 0.5) is 26.3 Å². The number of carbonyl (C=O) groups is 1. The predicted octanol–water partition coefficient (Wildman–Crippen LogP) is 2.89. The Labute approximate surface area is 76.1 Å². The molecular weight excluding hydrogens is 214 g/mol. The van der Waals surface area contributed by atoms with Crippen LogP contribution in [0.3, 0.4) is 0 Å². The first-order valence-corrected chi connectivity index (χ1v) is 3.76.